The molecule has 0 spiro atoms. The van der Waals surface area contributed by atoms with Gasteiger partial charge >= 0.3 is 5.97 Å². The average molecular weight is 282 g/mol. The maximum absolute atomic E-state index is 12.0. The fourth-order valence-electron chi connectivity index (χ4n) is 2.55. The number of carbonyl (C=O) groups excluding carboxylic acids is 1. The van der Waals surface area contributed by atoms with E-state index in [9.17, 15) is 14.7 Å². The lowest BCUT2D eigenvalue weighted by atomic mass is 9.74. The minimum atomic E-state index is -0.798. The van der Waals surface area contributed by atoms with Gasteiger partial charge in [-0.1, -0.05) is 19.3 Å². The van der Waals surface area contributed by atoms with E-state index in [2.05, 4.69) is 9.69 Å². The number of hydrogen-bond acceptors (Lipinski definition) is 4. The zero-order valence-corrected chi connectivity index (χ0v) is 11.8. The van der Waals surface area contributed by atoms with Crippen molar-refractivity contribution in [3.63, 3.8) is 0 Å². The third kappa shape index (κ3) is 2.94. The summed E-state index contributed by atoms with van der Waals surface area (Å²) < 4.78 is 4.05. The van der Waals surface area contributed by atoms with E-state index in [4.69, 9.17) is 0 Å². The summed E-state index contributed by atoms with van der Waals surface area (Å²) in [5.74, 6) is -1.02. The lowest BCUT2D eigenvalue weighted by molar-refractivity contribution is -0.150. The summed E-state index contributed by atoms with van der Waals surface area (Å²) in [5, 5.41) is 13.9. The first kappa shape index (κ1) is 14.0. The maximum atomic E-state index is 12.0. The molecule has 6 heteroatoms. The van der Waals surface area contributed by atoms with Crippen molar-refractivity contribution >= 4 is 23.4 Å². The van der Waals surface area contributed by atoms with Gasteiger partial charge in [0.15, 0.2) is 0 Å². The molecule has 0 bridgehead atoms. The molecule has 5 nitrogen and oxygen atoms in total. The van der Waals surface area contributed by atoms with E-state index in [1.165, 1.54) is 11.5 Å². The summed E-state index contributed by atoms with van der Waals surface area (Å²) in [6.45, 7) is 1.98. The van der Waals surface area contributed by atoms with Crippen molar-refractivity contribution in [2.24, 2.45) is 5.41 Å². The van der Waals surface area contributed by atoms with Crippen LogP contribution in [0.2, 0.25) is 0 Å². The van der Waals surface area contributed by atoms with E-state index in [1.54, 1.807) is 12.3 Å². The molecule has 1 saturated carbocycles. The van der Waals surface area contributed by atoms with Gasteiger partial charge in [0.05, 0.1) is 16.7 Å². The molecule has 1 heterocycles. The predicted octanol–water partition coefficient (Wildman–Crippen LogP) is 2.22. The third-order valence-corrected chi connectivity index (χ3v) is 4.57. The molecule has 104 valence electrons. The Hall–Kier alpha value is -1.43. The molecule has 0 aliphatic heterocycles. The second-order valence-electron chi connectivity index (χ2n) is 5.14. The highest BCUT2D eigenvalue weighted by Crippen LogP contribution is 2.36. The molecule has 0 atom stereocenters. The van der Waals surface area contributed by atoms with E-state index in [0.717, 1.165) is 19.3 Å². The zero-order valence-electron chi connectivity index (χ0n) is 10.9. The van der Waals surface area contributed by atoms with Crippen LogP contribution in [-0.4, -0.2) is 27.9 Å². The summed E-state index contributed by atoms with van der Waals surface area (Å²) in [7, 11) is 0. The third-order valence-electron chi connectivity index (χ3n) is 3.85. The van der Waals surface area contributed by atoms with Crippen LogP contribution < -0.4 is 5.32 Å². The van der Waals surface area contributed by atoms with Gasteiger partial charge in [-0.3, -0.25) is 9.59 Å². The Labute approximate surface area is 116 Å². The zero-order chi connectivity index (χ0) is 13.9. The molecule has 1 aliphatic carbocycles. The number of hydrogen-bond donors (Lipinski definition) is 2. The van der Waals surface area contributed by atoms with Crippen molar-refractivity contribution in [1.82, 2.24) is 9.69 Å². The van der Waals surface area contributed by atoms with Crippen molar-refractivity contribution in [2.75, 3.05) is 6.54 Å². The number of nitrogens with one attached hydrogen (secondary N) is 1. The van der Waals surface area contributed by atoms with Crippen molar-refractivity contribution in [1.29, 1.82) is 0 Å². The molecular formula is C13H18N2O3S. The predicted molar refractivity (Wildman–Crippen MR) is 72.3 cm³/mol. The number of carbonyl (C=O) groups is 2. The number of amides is 1. The fourth-order valence-corrected chi connectivity index (χ4v) is 3.24. The van der Waals surface area contributed by atoms with Crippen LogP contribution in [0.15, 0.2) is 5.38 Å². The molecule has 0 aromatic carbocycles. The van der Waals surface area contributed by atoms with Crippen LogP contribution in [0.5, 0.6) is 0 Å². The first-order valence-corrected chi connectivity index (χ1v) is 7.31. The Kier molecular flexibility index (Phi) is 4.19. The van der Waals surface area contributed by atoms with E-state index < -0.39 is 11.4 Å². The van der Waals surface area contributed by atoms with Gasteiger partial charge in [-0.2, -0.15) is 4.37 Å². The second kappa shape index (κ2) is 5.69. The number of aryl methyl sites for hydroxylation is 1. The van der Waals surface area contributed by atoms with Gasteiger partial charge in [0.25, 0.3) is 5.91 Å². The van der Waals surface area contributed by atoms with Gasteiger partial charge in [0.1, 0.15) is 0 Å². The van der Waals surface area contributed by atoms with Gasteiger partial charge in [-0.05, 0) is 31.3 Å². The van der Waals surface area contributed by atoms with Crippen molar-refractivity contribution < 1.29 is 14.7 Å². The molecule has 1 aliphatic rings. The molecule has 1 fully saturated rings. The number of rotatable bonds is 4. The average Bonchev–Trinajstić information content (AvgIpc) is 2.83. The van der Waals surface area contributed by atoms with Gasteiger partial charge in [-0.15, -0.1) is 0 Å². The van der Waals surface area contributed by atoms with Crippen LogP contribution in [0, 0.1) is 12.3 Å². The van der Waals surface area contributed by atoms with Crippen molar-refractivity contribution in [3.8, 4) is 0 Å². The second-order valence-corrected chi connectivity index (χ2v) is 5.77. The Balaban J connectivity index is 2.02. The molecule has 19 heavy (non-hydrogen) atoms. The molecule has 0 radical (unpaired) electrons. The molecule has 2 N–H and O–H groups in total. The van der Waals surface area contributed by atoms with Crippen LogP contribution in [0.3, 0.4) is 0 Å². The van der Waals surface area contributed by atoms with Crippen molar-refractivity contribution in [2.45, 2.75) is 39.0 Å². The van der Waals surface area contributed by atoms with Crippen molar-refractivity contribution in [3.05, 3.63) is 16.6 Å². The summed E-state index contributed by atoms with van der Waals surface area (Å²) >= 11 is 1.23. The van der Waals surface area contributed by atoms with E-state index in [0.29, 0.717) is 24.1 Å². The quantitative estimate of drug-likeness (QED) is 0.887. The van der Waals surface area contributed by atoms with Crippen LogP contribution in [-0.2, 0) is 4.79 Å². The number of aliphatic carboxylic acids is 1. The first-order valence-electron chi connectivity index (χ1n) is 6.48. The lowest BCUT2D eigenvalue weighted by Gasteiger charge is -2.33. The van der Waals surface area contributed by atoms with Gasteiger partial charge in [0.2, 0.25) is 0 Å². The first-order chi connectivity index (χ1) is 9.05. The lowest BCUT2D eigenvalue weighted by Crippen LogP contribution is -2.44. The van der Waals surface area contributed by atoms with Crippen LogP contribution in [0.4, 0.5) is 0 Å². The van der Waals surface area contributed by atoms with Gasteiger partial charge < -0.3 is 10.4 Å². The number of aromatic nitrogens is 1. The molecule has 0 unspecified atom stereocenters. The van der Waals surface area contributed by atoms with E-state index in [-0.39, 0.29) is 12.5 Å². The maximum Gasteiger partial charge on any atom is 0.311 e. The summed E-state index contributed by atoms with van der Waals surface area (Å²) in [5.41, 5.74) is 0.447. The molecule has 2 rings (SSSR count). The van der Waals surface area contributed by atoms with Crippen LogP contribution in [0.1, 0.15) is 48.2 Å². The van der Waals surface area contributed by atoms with Gasteiger partial charge in [0, 0.05) is 11.9 Å². The highest BCUT2D eigenvalue weighted by molar-refractivity contribution is 7.03. The van der Waals surface area contributed by atoms with Crippen LogP contribution >= 0.6 is 11.5 Å². The molecule has 0 saturated heterocycles. The standard InChI is InChI=1S/C13H18N2O3S/c1-9-10(7-19-15-9)11(16)14-8-13(12(17)18)5-3-2-4-6-13/h7H,2-6,8H2,1H3,(H,14,16)(H,17,18). The molecule has 1 aromatic heterocycles. The monoisotopic (exact) mass is 282 g/mol. The van der Waals surface area contributed by atoms with Crippen LogP contribution in [0.25, 0.3) is 0 Å². The highest BCUT2D eigenvalue weighted by atomic mass is 32.1. The number of carboxylic acids is 1. The van der Waals surface area contributed by atoms with Gasteiger partial charge in [-0.25, -0.2) is 0 Å². The normalized spacial score (nSPS) is 17.9. The Morgan fingerprint density at radius 2 is 2.11 bits per heavy atom. The number of nitrogens with zero attached hydrogens (tertiary/aromatic N) is 1. The topological polar surface area (TPSA) is 79.3 Å². The molecular weight excluding hydrogens is 264 g/mol. The smallest absolute Gasteiger partial charge is 0.311 e. The largest absolute Gasteiger partial charge is 0.481 e. The van der Waals surface area contributed by atoms with E-state index >= 15 is 0 Å². The highest BCUT2D eigenvalue weighted by Gasteiger charge is 2.39. The Morgan fingerprint density at radius 3 is 2.63 bits per heavy atom. The minimum Gasteiger partial charge on any atom is -0.481 e. The summed E-state index contributed by atoms with van der Waals surface area (Å²) in [4.78, 5) is 23.5. The summed E-state index contributed by atoms with van der Waals surface area (Å²) in [6.07, 6.45) is 4.20. The molecule has 1 amide bonds. The Bertz CT molecular complexity index is 478. The number of carboxylic acid groups (broad SMARTS) is 1. The molecule has 1 aromatic rings. The SMILES string of the molecule is Cc1nscc1C(=O)NCC1(C(=O)O)CCCCC1. The fraction of sp³-hybridized carbons (Fsp3) is 0.615. The minimum absolute atomic E-state index is 0.205. The van der Waals surface area contributed by atoms with E-state index in [1.807, 2.05) is 0 Å². The Morgan fingerprint density at radius 1 is 1.42 bits per heavy atom. The summed E-state index contributed by atoms with van der Waals surface area (Å²) in [6, 6.07) is 0.